The number of ether oxygens (including phenoxy) is 5. The number of anilines is 1. The van der Waals surface area contributed by atoms with Gasteiger partial charge < -0.3 is 70.1 Å². The Morgan fingerprint density at radius 1 is 0.882 bits per heavy atom. The molecule has 9 rings (SSSR count). The Bertz CT molecular complexity index is 2830. The van der Waals surface area contributed by atoms with Gasteiger partial charge in [0.05, 0.1) is 28.9 Å². The molecule has 8 aliphatic rings. The van der Waals surface area contributed by atoms with E-state index in [2.05, 4.69) is 22.5 Å². The number of unbranched alkanes of at least 4 members (excludes halogenated alkanes) is 2. The number of carbonyl (C=O) groups excluding carboxylic acids is 6. The fraction of sp³-hybridized carbons (Fsp3) is 0.763. The molecule has 25 nitrogen and oxygen atoms in total. The van der Waals surface area contributed by atoms with Gasteiger partial charge in [-0.2, -0.15) is 8.42 Å². The number of hydrogen-bond acceptors (Lipinski definition) is 21. The SMILES string of the molecule is CC=C(C)C(=O)OC1CCC2(C)C3CCC4C5(O)CC(O)C6(O)C(CN7CC(C)CCC7C6(C)O)C5(O)CC42OC13O.CCCCCC1C(=O)OC(C)C(NC(=O)c2cccc(NC=O)c2O)C(=O)OC(C)C1OC(=O)CC(C)C.O=S(=O)(O)O. The van der Waals surface area contributed by atoms with Crippen LogP contribution in [0.1, 0.15) is 163 Å². The maximum atomic E-state index is 13.3. The number of carbonyl (C=O) groups is 6. The maximum Gasteiger partial charge on any atom is 0.394 e. The zero-order valence-electron chi connectivity index (χ0n) is 50.2. The second kappa shape index (κ2) is 25.0. The number of fused-ring (bicyclic) bond motifs is 5. The second-order valence-electron chi connectivity index (χ2n) is 26.0. The lowest BCUT2D eigenvalue weighted by atomic mass is 9.49. The van der Waals surface area contributed by atoms with E-state index in [0.29, 0.717) is 69.4 Å². The first kappa shape index (κ1) is 67.6. The molecule has 4 aliphatic heterocycles. The van der Waals surface area contributed by atoms with Crippen molar-refractivity contribution < 1.29 is 106 Å². The fourth-order valence-corrected chi connectivity index (χ4v) is 16.0. The van der Waals surface area contributed by atoms with Crippen molar-refractivity contribution >= 4 is 52.3 Å². The Morgan fingerprint density at radius 2 is 1.53 bits per heavy atom. The van der Waals surface area contributed by atoms with Gasteiger partial charge in [0.25, 0.3) is 5.91 Å². The van der Waals surface area contributed by atoms with E-state index in [-0.39, 0.29) is 49.0 Å². The van der Waals surface area contributed by atoms with Crippen LogP contribution in [-0.2, 0) is 58.1 Å². The fourth-order valence-electron chi connectivity index (χ4n) is 16.0. The van der Waals surface area contributed by atoms with E-state index in [1.807, 2.05) is 27.7 Å². The standard InChI is InChI=1S/C32H49NO9.C27H38N2O9.H2O4S/c1-6-18(3)25(35)41-24-11-12-26(4)19-8-9-20-28(37)13-23(34)31(39)21(29(28,38)16-30(20,26)42-32(19,24)40)15-33-14-17(2)7-10-22(33)27(31,5)36;1-6-7-8-10-19-24(38-21(31)13-15(2)3)17(5)37-27(35)22(16(4)36-26(19)34)29-25(33)18-11-9-12-20(23(18)32)28-14-30;1-5(2,3)4/h6,17,19-24,34,36-40H,7-16H2,1-5H3;9,11-12,14-17,19,22,24,32H,6-8,10,13H2,1-5H3,(H,28,30)(H,29,33);(H2,1,2,3,4). The van der Waals surface area contributed by atoms with Crippen molar-refractivity contribution in [2.24, 2.45) is 40.9 Å². The third-order valence-electron chi connectivity index (χ3n) is 20.3. The van der Waals surface area contributed by atoms with Crippen LogP contribution in [0.4, 0.5) is 5.69 Å². The average molecular weight is 1220 g/mol. The summed E-state index contributed by atoms with van der Waals surface area (Å²) >= 11 is 0. The van der Waals surface area contributed by atoms with Crippen molar-refractivity contribution in [2.75, 3.05) is 18.4 Å². The highest BCUT2D eigenvalue weighted by Crippen LogP contribution is 2.78. The van der Waals surface area contributed by atoms with E-state index >= 15 is 0 Å². The number of esters is 4. The van der Waals surface area contributed by atoms with Gasteiger partial charge >= 0.3 is 34.3 Å². The summed E-state index contributed by atoms with van der Waals surface area (Å²) in [7, 11) is -4.67. The zero-order chi connectivity index (χ0) is 63.4. The van der Waals surface area contributed by atoms with Gasteiger partial charge in [0.2, 0.25) is 12.2 Å². The van der Waals surface area contributed by atoms with E-state index in [4.69, 9.17) is 41.2 Å². The van der Waals surface area contributed by atoms with Crippen LogP contribution in [-0.4, -0.2) is 184 Å². The number of piperidine rings is 2. The van der Waals surface area contributed by atoms with Crippen LogP contribution in [0.5, 0.6) is 5.75 Å². The van der Waals surface area contributed by atoms with Crippen LogP contribution < -0.4 is 10.6 Å². The third kappa shape index (κ3) is 12.1. The lowest BCUT2D eigenvalue weighted by Gasteiger charge is -2.68. The van der Waals surface area contributed by atoms with Crippen molar-refractivity contribution in [1.82, 2.24) is 10.2 Å². The van der Waals surface area contributed by atoms with Crippen molar-refractivity contribution in [3.63, 3.8) is 0 Å². The summed E-state index contributed by atoms with van der Waals surface area (Å²) in [6.45, 7) is 18.8. The molecule has 26 heteroatoms. The van der Waals surface area contributed by atoms with Crippen LogP contribution >= 0.6 is 0 Å². The molecule has 4 saturated carbocycles. The van der Waals surface area contributed by atoms with Gasteiger partial charge in [0.15, 0.2) is 24.0 Å². The van der Waals surface area contributed by atoms with Gasteiger partial charge in [-0.3, -0.25) is 33.2 Å². The molecule has 85 heavy (non-hydrogen) atoms. The number of nitrogens with zero attached hydrogens (tertiary/aromatic N) is 1. The zero-order valence-corrected chi connectivity index (χ0v) is 51.0. The first-order valence-electron chi connectivity index (χ1n) is 29.7. The van der Waals surface area contributed by atoms with E-state index in [1.165, 1.54) is 32.0 Å². The number of cyclic esters (lactones) is 2. The smallest absolute Gasteiger partial charge is 0.394 e. The van der Waals surface area contributed by atoms with Crippen molar-refractivity contribution in [1.29, 1.82) is 0 Å². The molecule has 19 atom stereocenters. The van der Waals surface area contributed by atoms with Crippen molar-refractivity contribution in [3.8, 4) is 5.75 Å². The number of phenols is 1. The van der Waals surface area contributed by atoms with Crippen LogP contribution in [0.3, 0.4) is 0 Å². The number of para-hydroxylation sites is 1. The summed E-state index contributed by atoms with van der Waals surface area (Å²) in [4.78, 5) is 77.6. The molecule has 8 fully saturated rings. The van der Waals surface area contributed by atoms with Gasteiger partial charge in [-0.25, -0.2) is 9.59 Å². The Morgan fingerprint density at radius 3 is 2.15 bits per heavy atom. The number of benzene rings is 1. The number of aliphatic hydroxyl groups excluding tert-OH is 1. The topological polar surface area (TPSA) is 392 Å². The number of phenolic OH excluding ortho intramolecular Hbond substituents is 1. The highest BCUT2D eigenvalue weighted by atomic mass is 32.3. The molecule has 4 heterocycles. The lowest BCUT2D eigenvalue weighted by Crippen LogP contribution is -2.85. The van der Waals surface area contributed by atoms with Crippen LogP contribution in [0.25, 0.3) is 0 Å². The van der Waals surface area contributed by atoms with E-state index in [1.54, 1.807) is 26.8 Å². The summed E-state index contributed by atoms with van der Waals surface area (Å²) in [5.74, 6) is -8.32. The molecule has 1 spiro atoms. The molecule has 0 aromatic heterocycles. The Labute approximate surface area is 496 Å². The number of aliphatic hydroxyl groups is 6. The molecule has 0 radical (unpaired) electrons. The highest BCUT2D eigenvalue weighted by Gasteiger charge is 2.89. The Kier molecular flexibility index (Phi) is 19.9. The molecular weight excluding hydrogens is 1130 g/mol. The Balaban J connectivity index is 0.000000227. The number of rotatable bonds is 13. The normalized spacial score (nSPS) is 41.1. The summed E-state index contributed by atoms with van der Waals surface area (Å²) in [5, 5.41) is 89.0. The summed E-state index contributed by atoms with van der Waals surface area (Å²) in [6.07, 6.45) is 2.36. The van der Waals surface area contributed by atoms with Crippen LogP contribution in [0.2, 0.25) is 0 Å². The van der Waals surface area contributed by atoms with Gasteiger partial charge in [-0.15, -0.1) is 0 Å². The predicted octanol–water partition coefficient (Wildman–Crippen LogP) is 3.43. The molecule has 11 N–H and O–H groups in total. The second-order valence-corrected chi connectivity index (χ2v) is 26.9. The largest absolute Gasteiger partial charge is 0.505 e. The summed E-state index contributed by atoms with van der Waals surface area (Å²) in [5.41, 5.74) is -9.17. The third-order valence-corrected chi connectivity index (χ3v) is 20.3. The molecule has 1 aromatic carbocycles. The van der Waals surface area contributed by atoms with E-state index in [0.717, 1.165) is 19.3 Å². The number of aromatic hydroxyl groups is 1. The number of allylic oxidation sites excluding steroid dienone is 1. The molecule has 4 bridgehead atoms. The minimum absolute atomic E-state index is 0.00114. The Hall–Kier alpha value is -4.87. The minimum Gasteiger partial charge on any atom is -0.505 e. The molecule has 4 aliphatic carbocycles. The van der Waals surface area contributed by atoms with Gasteiger partial charge in [0.1, 0.15) is 34.6 Å². The highest BCUT2D eigenvalue weighted by molar-refractivity contribution is 7.79. The molecule has 4 saturated heterocycles. The van der Waals surface area contributed by atoms with E-state index in [9.17, 15) is 64.5 Å². The average Bonchev–Trinajstić information content (AvgIpc) is 1.49. The minimum atomic E-state index is -4.67. The number of nitrogens with one attached hydrogen (secondary N) is 2. The molecule has 478 valence electrons. The van der Waals surface area contributed by atoms with Gasteiger partial charge in [-0.05, 0) is 104 Å². The van der Waals surface area contributed by atoms with Crippen molar-refractivity contribution in [3.05, 3.63) is 35.4 Å². The maximum absolute atomic E-state index is 13.3. The summed E-state index contributed by atoms with van der Waals surface area (Å²) in [6, 6.07) is 2.32. The van der Waals surface area contributed by atoms with Crippen LogP contribution in [0, 0.1) is 40.9 Å². The van der Waals surface area contributed by atoms with Gasteiger partial charge in [-0.1, -0.05) is 66.0 Å². The number of amides is 2. The molecule has 2 amide bonds. The predicted molar refractivity (Wildman–Crippen MR) is 301 cm³/mol. The summed E-state index contributed by atoms with van der Waals surface area (Å²) < 4.78 is 61.1. The number of hydrogen-bond donors (Lipinski definition) is 11. The van der Waals surface area contributed by atoms with E-state index < -0.39 is 145 Å². The molecular formula is C59H89N3O22S. The quantitative estimate of drug-likeness (QED) is 0.0256. The van der Waals surface area contributed by atoms with Crippen LogP contribution in [0.15, 0.2) is 29.8 Å². The first-order valence-corrected chi connectivity index (χ1v) is 31.1. The monoisotopic (exact) mass is 1220 g/mol. The molecule has 1 aromatic rings. The van der Waals surface area contributed by atoms with Gasteiger partial charge in [0, 0.05) is 67.1 Å². The van der Waals surface area contributed by atoms with Crippen molar-refractivity contribution in [2.45, 2.75) is 229 Å². The molecule has 19 unspecified atom stereocenters. The lowest BCUT2D eigenvalue weighted by molar-refractivity contribution is -0.354. The first-order chi connectivity index (χ1) is 39.5.